The Bertz CT molecular complexity index is 569. The summed E-state index contributed by atoms with van der Waals surface area (Å²) in [7, 11) is 0. The minimum atomic E-state index is -0.174. The summed E-state index contributed by atoms with van der Waals surface area (Å²) in [5.74, 6) is 0. The van der Waals surface area contributed by atoms with Crippen molar-refractivity contribution in [1.29, 1.82) is 0 Å². The van der Waals surface area contributed by atoms with Gasteiger partial charge in [0.2, 0.25) is 0 Å². The van der Waals surface area contributed by atoms with E-state index in [0.717, 1.165) is 0 Å². The largest absolute Gasteiger partial charge is 0.321 e. The molecule has 16 heavy (non-hydrogen) atoms. The van der Waals surface area contributed by atoms with Gasteiger partial charge in [0, 0.05) is 24.7 Å². The molecule has 2 heterocycles. The van der Waals surface area contributed by atoms with Gasteiger partial charge in [-0.1, -0.05) is 0 Å². The summed E-state index contributed by atoms with van der Waals surface area (Å²) in [5.41, 5.74) is -0.174. The maximum Gasteiger partial charge on any atom is 0.251 e. The van der Waals surface area contributed by atoms with Crippen LogP contribution in [0.25, 0.3) is 0 Å². The average molecular weight is 236 g/mol. The van der Waals surface area contributed by atoms with Gasteiger partial charge in [0.05, 0.1) is 12.6 Å². The highest BCUT2D eigenvalue weighted by atomic mass is 32.1. The topological polar surface area (TPSA) is 55.6 Å². The monoisotopic (exact) mass is 236 g/mol. The Hall–Kier alpha value is -1.69. The van der Waals surface area contributed by atoms with Crippen molar-refractivity contribution >= 4 is 12.2 Å². The van der Waals surface area contributed by atoms with E-state index in [1.54, 1.807) is 12.4 Å². The van der Waals surface area contributed by atoms with Crippen LogP contribution < -0.4 is 5.56 Å². The summed E-state index contributed by atoms with van der Waals surface area (Å²) in [6, 6.07) is 3.48. The lowest BCUT2D eigenvalue weighted by molar-refractivity contribution is 0.427. The number of hydrogen-bond donors (Lipinski definition) is 1. The van der Waals surface area contributed by atoms with Crippen LogP contribution in [0.15, 0.2) is 35.5 Å². The maximum atomic E-state index is 11.0. The Kier molecular flexibility index (Phi) is 3.00. The molecule has 0 radical (unpaired) electrons. The maximum absolute atomic E-state index is 11.0. The fraction of sp³-hybridized carbons (Fsp3) is 0.300. The van der Waals surface area contributed by atoms with Gasteiger partial charge in [0.25, 0.3) is 5.56 Å². The summed E-state index contributed by atoms with van der Waals surface area (Å²) in [5, 5.41) is 4.13. The van der Waals surface area contributed by atoms with E-state index in [2.05, 4.69) is 10.1 Å². The van der Waals surface area contributed by atoms with Crippen molar-refractivity contribution < 1.29 is 0 Å². The highest BCUT2D eigenvalue weighted by Gasteiger charge is 2.05. The minimum Gasteiger partial charge on any atom is -0.321 e. The molecule has 2 rings (SSSR count). The lowest BCUT2D eigenvalue weighted by Gasteiger charge is -2.15. The van der Waals surface area contributed by atoms with Crippen LogP contribution in [0.5, 0.6) is 0 Å². The van der Waals surface area contributed by atoms with E-state index in [1.165, 1.54) is 6.07 Å². The molecule has 0 amide bonds. The molecule has 1 N–H and O–H groups in total. The predicted octanol–water partition coefficient (Wildman–Crippen LogP) is 1.36. The zero-order chi connectivity index (χ0) is 11.5. The Morgan fingerprint density at radius 2 is 2.38 bits per heavy atom. The number of rotatable bonds is 3. The lowest BCUT2D eigenvalue weighted by atomic mass is 10.3. The van der Waals surface area contributed by atoms with Crippen molar-refractivity contribution in [3.05, 3.63) is 45.8 Å². The van der Waals surface area contributed by atoms with Gasteiger partial charge in [0.15, 0.2) is 4.77 Å². The second-order valence-corrected chi connectivity index (χ2v) is 3.98. The van der Waals surface area contributed by atoms with E-state index < -0.39 is 0 Å². The average Bonchev–Trinajstić information content (AvgIpc) is 2.70. The molecule has 2 aromatic heterocycles. The van der Waals surface area contributed by atoms with Crippen LogP contribution in [0, 0.1) is 4.77 Å². The van der Waals surface area contributed by atoms with Crippen LogP contribution in [0.1, 0.15) is 13.0 Å². The molecule has 0 aromatic carbocycles. The molecule has 0 saturated heterocycles. The van der Waals surface area contributed by atoms with E-state index >= 15 is 0 Å². The molecular formula is C10H12N4OS. The molecule has 2 aromatic rings. The van der Waals surface area contributed by atoms with Crippen LogP contribution in [0.4, 0.5) is 0 Å². The van der Waals surface area contributed by atoms with Gasteiger partial charge in [-0.3, -0.25) is 14.5 Å². The third-order valence-corrected chi connectivity index (χ3v) is 2.65. The number of H-pyrrole nitrogens is 1. The van der Waals surface area contributed by atoms with Gasteiger partial charge in [0.1, 0.15) is 0 Å². The lowest BCUT2D eigenvalue weighted by Crippen LogP contribution is -2.18. The molecule has 0 fully saturated rings. The Morgan fingerprint density at radius 1 is 1.56 bits per heavy atom. The van der Waals surface area contributed by atoms with E-state index in [4.69, 9.17) is 12.2 Å². The molecule has 0 saturated carbocycles. The highest BCUT2D eigenvalue weighted by Crippen LogP contribution is 2.07. The van der Waals surface area contributed by atoms with Crippen molar-refractivity contribution in [3.63, 3.8) is 0 Å². The third kappa shape index (κ3) is 2.27. The fourth-order valence-corrected chi connectivity index (χ4v) is 1.88. The first-order valence-electron chi connectivity index (χ1n) is 4.96. The quantitative estimate of drug-likeness (QED) is 0.819. The predicted molar refractivity (Wildman–Crippen MR) is 62.8 cm³/mol. The number of hydrogen-bond acceptors (Lipinski definition) is 3. The van der Waals surface area contributed by atoms with E-state index in [-0.39, 0.29) is 11.6 Å². The Labute approximate surface area is 97.4 Å². The smallest absolute Gasteiger partial charge is 0.251 e. The molecule has 0 bridgehead atoms. The third-order valence-electron chi connectivity index (χ3n) is 2.34. The first-order chi connectivity index (χ1) is 7.66. The number of nitrogens with zero attached hydrogens (tertiary/aromatic N) is 3. The Balaban J connectivity index is 2.24. The van der Waals surface area contributed by atoms with Gasteiger partial charge >= 0.3 is 0 Å². The van der Waals surface area contributed by atoms with Gasteiger partial charge < -0.3 is 4.57 Å². The fourth-order valence-electron chi connectivity index (χ4n) is 1.54. The van der Waals surface area contributed by atoms with Gasteiger partial charge in [-0.15, -0.1) is 0 Å². The van der Waals surface area contributed by atoms with Crippen LogP contribution in [0.2, 0.25) is 0 Å². The van der Waals surface area contributed by atoms with Crippen molar-refractivity contribution in [2.45, 2.75) is 19.5 Å². The van der Waals surface area contributed by atoms with Gasteiger partial charge in [-0.25, -0.2) is 0 Å². The number of aromatic amines is 1. The standard InChI is InChI=1S/C10H12N4OS/c1-8(7-13-5-2-4-11-13)14-6-3-9(15)12-10(14)16/h2-6,8H,7H2,1H3,(H,12,15,16). The Morgan fingerprint density at radius 3 is 3.00 bits per heavy atom. The molecule has 0 spiro atoms. The molecule has 84 valence electrons. The molecule has 0 aliphatic heterocycles. The van der Waals surface area contributed by atoms with E-state index in [9.17, 15) is 4.79 Å². The molecule has 1 unspecified atom stereocenters. The van der Waals surface area contributed by atoms with Crippen LogP contribution >= 0.6 is 12.2 Å². The second kappa shape index (κ2) is 4.44. The zero-order valence-corrected chi connectivity index (χ0v) is 9.65. The SMILES string of the molecule is CC(Cn1cccn1)n1ccc(=O)[nH]c1=S. The minimum absolute atomic E-state index is 0.143. The summed E-state index contributed by atoms with van der Waals surface area (Å²) < 4.78 is 4.11. The molecule has 1 atom stereocenters. The summed E-state index contributed by atoms with van der Waals surface area (Å²) in [6.45, 7) is 2.74. The van der Waals surface area contributed by atoms with Crippen LogP contribution in [0.3, 0.4) is 0 Å². The van der Waals surface area contributed by atoms with Crippen LogP contribution in [-0.4, -0.2) is 19.3 Å². The molecule has 0 aliphatic rings. The molecule has 6 heteroatoms. The summed E-state index contributed by atoms with van der Waals surface area (Å²) >= 11 is 5.09. The van der Waals surface area contributed by atoms with Crippen molar-refractivity contribution in [3.8, 4) is 0 Å². The van der Waals surface area contributed by atoms with Crippen molar-refractivity contribution in [2.75, 3.05) is 0 Å². The molecule has 0 aliphatic carbocycles. The zero-order valence-electron chi connectivity index (χ0n) is 8.83. The summed E-state index contributed by atoms with van der Waals surface area (Å²) in [6.07, 6.45) is 5.33. The molecule has 5 nitrogen and oxygen atoms in total. The first-order valence-corrected chi connectivity index (χ1v) is 5.36. The van der Waals surface area contributed by atoms with Crippen molar-refractivity contribution in [2.24, 2.45) is 0 Å². The van der Waals surface area contributed by atoms with E-state index in [0.29, 0.717) is 11.3 Å². The van der Waals surface area contributed by atoms with Gasteiger partial charge in [-0.2, -0.15) is 5.10 Å². The highest BCUT2D eigenvalue weighted by molar-refractivity contribution is 7.71. The number of nitrogens with one attached hydrogen (secondary N) is 1. The normalized spacial score (nSPS) is 12.6. The van der Waals surface area contributed by atoms with Gasteiger partial charge in [-0.05, 0) is 25.2 Å². The second-order valence-electron chi connectivity index (χ2n) is 3.59. The van der Waals surface area contributed by atoms with Crippen LogP contribution in [-0.2, 0) is 6.54 Å². The summed E-state index contributed by atoms with van der Waals surface area (Å²) in [4.78, 5) is 13.6. The van der Waals surface area contributed by atoms with E-state index in [1.807, 2.05) is 28.4 Å². The molecular weight excluding hydrogens is 224 g/mol. The number of aromatic nitrogens is 4. The van der Waals surface area contributed by atoms with Crippen molar-refractivity contribution in [1.82, 2.24) is 19.3 Å². The first kappa shape index (κ1) is 10.8.